The Hall–Kier alpha value is -2.00. The molecule has 1 unspecified atom stereocenters. The van der Waals surface area contributed by atoms with Gasteiger partial charge in [-0.3, -0.25) is 4.79 Å². The number of nitriles is 1. The van der Waals surface area contributed by atoms with Crippen molar-refractivity contribution >= 4 is 5.91 Å². The van der Waals surface area contributed by atoms with Gasteiger partial charge in [0.25, 0.3) is 6.43 Å². The van der Waals surface area contributed by atoms with E-state index in [9.17, 15) is 13.6 Å². The first-order chi connectivity index (χ1) is 9.13. The summed E-state index contributed by atoms with van der Waals surface area (Å²) in [6.07, 6.45) is -2.60. The van der Waals surface area contributed by atoms with Crippen LogP contribution >= 0.6 is 0 Å². The van der Waals surface area contributed by atoms with Crippen LogP contribution in [0.4, 0.5) is 8.78 Å². The summed E-state index contributed by atoms with van der Waals surface area (Å²) in [6.45, 7) is -0.781. The molecular formula is C13H14F2N2O2. The molecule has 102 valence electrons. The number of hydrogen-bond acceptors (Lipinski definition) is 3. The maximum absolute atomic E-state index is 11.8. The van der Waals surface area contributed by atoms with Crippen LogP contribution in [0, 0.1) is 11.3 Å². The molecule has 0 aliphatic heterocycles. The molecular weight excluding hydrogens is 254 g/mol. The van der Waals surface area contributed by atoms with E-state index in [4.69, 9.17) is 5.26 Å². The number of hydrogen-bond donors (Lipinski definition) is 1. The van der Waals surface area contributed by atoms with E-state index in [-0.39, 0.29) is 13.0 Å². The van der Waals surface area contributed by atoms with Gasteiger partial charge in [-0.05, 0) is 5.56 Å². The van der Waals surface area contributed by atoms with Crippen molar-refractivity contribution in [2.75, 3.05) is 13.2 Å². The van der Waals surface area contributed by atoms with Gasteiger partial charge in [0.15, 0.2) is 0 Å². The molecule has 6 heteroatoms. The van der Waals surface area contributed by atoms with Gasteiger partial charge < -0.3 is 10.1 Å². The predicted molar refractivity (Wildman–Crippen MR) is 64.4 cm³/mol. The van der Waals surface area contributed by atoms with Gasteiger partial charge in [0, 0.05) is 0 Å². The van der Waals surface area contributed by atoms with Crippen molar-refractivity contribution in [3.8, 4) is 6.07 Å². The fourth-order valence-corrected chi connectivity index (χ4v) is 1.41. The number of carbonyl (C=O) groups is 1. The molecule has 1 aromatic rings. The lowest BCUT2D eigenvalue weighted by molar-refractivity contribution is -0.123. The Labute approximate surface area is 110 Å². The van der Waals surface area contributed by atoms with Crippen molar-refractivity contribution in [3.63, 3.8) is 0 Å². The van der Waals surface area contributed by atoms with E-state index in [1.54, 1.807) is 30.3 Å². The number of carbonyl (C=O) groups excluding carboxylic acids is 1. The third-order valence-corrected chi connectivity index (χ3v) is 2.28. The third kappa shape index (κ3) is 5.93. The molecule has 0 saturated carbocycles. The van der Waals surface area contributed by atoms with Gasteiger partial charge in [-0.25, -0.2) is 8.78 Å². The minimum Gasteiger partial charge on any atom is -0.375 e. The Morgan fingerprint density at radius 2 is 2.05 bits per heavy atom. The molecule has 0 aliphatic rings. The minimum atomic E-state index is -2.54. The predicted octanol–water partition coefficient (Wildman–Crippen LogP) is 2.04. The molecule has 0 bridgehead atoms. The van der Waals surface area contributed by atoms with Gasteiger partial charge in [0.1, 0.15) is 12.6 Å². The maximum atomic E-state index is 11.8. The number of alkyl halides is 2. The van der Waals surface area contributed by atoms with Crippen molar-refractivity contribution in [2.45, 2.75) is 18.9 Å². The lowest BCUT2D eigenvalue weighted by Crippen LogP contribution is -2.28. The second kappa shape index (κ2) is 8.16. The third-order valence-electron chi connectivity index (χ3n) is 2.28. The average Bonchev–Trinajstić information content (AvgIpc) is 2.41. The number of halogens is 2. The molecule has 0 fully saturated rings. The highest BCUT2D eigenvalue weighted by molar-refractivity contribution is 5.76. The summed E-state index contributed by atoms with van der Waals surface area (Å²) in [5, 5.41) is 11.5. The molecule has 1 atom stereocenters. The molecule has 19 heavy (non-hydrogen) atoms. The maximum Gasteiger partial charge on any atom is 0.261 e. The van der Waals surface area contributed by atoms with E-state index in [0.29, 0.717) is 5.56 Å². The van der Waals surface area contributed by atoms with Crippen LogP contribution in [-0.2, 0) is 9.53 Å². The van der Waals surface area contributed by atoms with Crippen LogP contribution in [-0.4, -0.2) is 25.5 Å². The van der Waals surface area contributed by atoms with Gasteiger partial charge in [-0.1, -0.05) is 30.3 Å². The van der Waals surface area contributed by atoms with Gasteiger partial charge >= 0.3 is 0 Å². The zero-order chi connectivity index (χ0) is 14.1. The highest BCUT2D eigenvalue weighted by Gasteiger charge is 2.13. The van der Waals surface area contributed by atoms with Gasteiger partial charge in [0.05, 0.1) is 19.1 Å². The first-order valence-electron chi connectivity index (χ1n) is 5.73. The zero-order valence-electron chi connectivity index (χ0n) is 10.2. The molecule has 0 heterocycles. The highest BCUT2D eigenvalue weighted by atomic mass is 19.3. The van der Waals surface area contributed by atoms with E-state index in [1.165, 1.54) is 0 Å². The lowest BCUT2D eigenvalue weighted by atomic mass is 10.1. The molecule has 0 radical (unpaired) electrons. The monoisotopic (exact) mass is 268 g/mol. The molecule has 1 rings (SSSR count). The highest BCUT2D eigenvalue weighted by Crippen LogP contribution is 2.11. The molecule has 1 amide bonds. The molecule has 0 aliphatic carbocycles. The topological polar surface area (TPSA) is 62.1 Å². The first-order valence-corrected chi connectivity index (χ1v) is 5.73. The van der Waals surface area contributed by atoms with E-state index in [0.717, 1.165) is 0 Å². The number of nitrogens with zero attached hydrogens (tertiary/aromatic N) is 1. The molecule has 4 nitrogen and oxygen atoms in total. The number of benzene rings is 1. The normalized spacial score (nSPS) is 11.9. The van der Waals surface area contributed by atoms with Crippen molar-refractivity contribution in [1.82, 2.24) is 5.32 Å². The second-order valence-corrected chi connectivity index (χ2v) is 3.76. The van der Waals surface area contributed by atoms with Crippen LogP contribution in [0.2, 0.25) is 0 Å². The number of amides is 1. The summed E-state index contributed by atoms with van der Waals surface area (Å²) < 4.78 is 28.1. The average molecular weight is 268 g/mol. The van der Waals surface area contributed by atoms with Gasteiger partial charge in [-0.2, -0.15) is 5.26 Å². The standard InChI is InChI=1S/C13H14F2N2O2/c14-12(15)9-19-7-6-13(18)17-11(8-16)10-4-2-1-3-5-10/h1-5,11-12H,6-7,9H2,(H,17,18). The summed E-state index contributed by atoms with van der Waals surface area (Å²) >= 11 is 0. The summed E-state index contributed by atoms with van der Waals surface area (Å²) in [5.74, 6) is -0.412. The zero-order valence-corrected chi connectivity index (χ0v) is 10.2. The summed E-state index contributed by atoms with van der Waals surface area (Å²) in [6, 6.07) is 9.99. The van der Waals surface area contributed by atoms with Crippen LogP contribution in [0.1, 0.15) is 18.0 Å². The minimum absolute atomic E-state index is 0.0578. The number of rotatable bonds is 7. The largest absolute Gasteiger partial charge is 0.375 e. The Bertz CT molecular complexity index is 432. The summed E-state index contributed by atoms with van der Waals surface area (Å²) in [4.78, 5) is 11.5. The number of ether oxygens (including phenoxy) is 1. The Balaban J connectivity index is 2.36. The number of nitrogens with one attached hydrogen (secondary N) is 1. The summed E-state index contributed by atoms with van der Waals surface area (Å²) in [7, 11) is 0. The second-order valence-electron chi connectivity index (χ2n) is 3.76. The van der Waals surface area contributed by atoms with Crippen molar-refractivity contribution in [3.05, 3.63) is 35.9 Å². The van der Waals surface area contributed by atoms with E-state index < -0.39 is 25.0 Å². The van der Waals surface area contributed by atoms with Gasteiger partial charge in [0.2, 0.25) is 5.91 Å². The van der Waals surface area contributed by atoms with Gasteiger partial charge in [-0.15, -0.1) is 0 Å². The quantitative estimate of drug-likeness (QED) is 0.770. The molecule has 1 aromatic carbocycles. The molecule has 1 N–H and O–H groups in total. The van der Waals surface area contributed by atoms with Crippen LogP contribution in [0.25, 0.3) is 0 Å². The van der Waals surface area contributed by atoms with Crippen molar-refractivity contribution in [2.24, 2.45) is 0 Å². The van der Waals surface area contributed by atoms with Crippen LogP contribution < -0.4 is 5.32 Å². The van der Waals surface area contributed by atoms with E-state index >= 15 is 0 Å². The molecule has 0 aromatic heterocycles. The smallest absolute Gasteiger partial charge is 0.261 e. The van der Waals surface area contributed by atoms with Crippen molar-refractivity contribution in [1.29, 1.82) is 5.26 Å². The fourth-order valence-electron chi connectivity index (χ4n) is 1.41. The Kier molecular flexibility index (Phi) is 6.47. The molecule has 0 saturated heterocycles. The van der Waals surface area contributed by atoms with Crippen LogP contribution in [0.5, 0.6) is 0 Å². The molecule has 0 spiro atoms. The SMILES string of the molecule is N#CC(NC(=O)CCOCC(F)F)c1ccccc1. The van der Waals surface area contributed by atoms with Crippen LogP contribution in [0.3, 0.4) is 0 Å². The summed E-state index contributed by atoms with van der Waals surface area (Å²) in [5.41, 5.74) is 0.673. The van der Waals surface area contributed by atoms with Crippen molar-refractivity contribution < 1.29 is 18.3 Å². The lowest BCUT2D eigenvalue weighted by Gasteiger charge is -2.11. The Morgan fingerprint density at radius 3 is 2.63 bits per heavy atom. The van der Waals surface area contributed by atoms with E-state index in [2.05, 4.69) is 10.1 Å². The van der Waals surface area contributed by atoms with E-state index in [1.807, 2.05) is 6.07 Å². The fraction of sp³-hybridized carbons (Fsp3) is 0.385. The first kappa shape index (κ1) is 15.1. The van der Waals surface area contributed by atoms with Crippen LogP contribution in [0.15, 0.2) is 30.3 Å². The Morgan fingerprint density at radius 1 is 1.37 bits per heavy atom.